The fourth-order valence-corrected chi connectivity index (χ4v) is 3.12. The lowest BCUT2D eigenvalue weighted by atomic mass is 10.1. The Morgan fingerprint density at radius 3 is 2.52 bits per heavy atom. The summed E-state index contributed by atoms with van der Waals surface area (Å²) in [6.07, 6.45) is 0. The first-order chi connectivity index (χ1) is 10.0. The predicted molar refractivity (Wildman–Crippen MR) is 86.1 cm³/mol. The Labute approximate surface area is 129 Å². The number of rotatable bonds is 6. The van der Waals surface area contributed by atoms with Crippen molar-refractivity contribution >= 4 is 11.3 Å². The number of ether oxygens (including phenoxy) is 2. The highest BCUT2D eigenvalue weighted by molar-refractivity contribution is 7.11. The van der Waals surface area contributed by atoms with Crippen LogP contribution in [0.5, 0.6) is 11.5 Å². The van der Waals surface area contributed by atoms with Crippen LogP contribution in [0.4, 0.5) is 0 Å². The molecule has 0 fully saturated rings. The van der Waals surface area contributed by atoms with E-state index in [1.807, 2.05) is 31.2 Å². The van der Waals surface area contributed by atoms with Crippen LogP contribution in [0.2, 0.25) is 0 Å². The first-order valence-electron chi connectivity index (χ1n) is 7.03. The minimum absolute atomic E-state index is 0.00506. The molecule has 1 aromatic heterocycles. The molecule has 0 bridgehead atoms. The highest BCUT2D eigenvalue weighted by atomic mass is 32.1. The molecule has 0 aliphatic carbocycles. The zero-order valence-electron chi connectivity index (χ0n) is 12.9. The monoisotopic (exact) mass is 306 g/mol. The predicted octanol–water partition coefficient (Wildman–Crippen LogP) is 3.87. The molecule has 0 amide bonds. The lowest BCUT2D eigenvalue weighted by Crippen LogP contribution is -2.06. The Kier molecular flexibility index (Phi) is 5.20. The van der Waals surface area contributed by atoms with E-state index in [4.69, 9.17) is 15.2 Å². The van der Waals surface area contributed by atoms with Crippen LogP contribution in [-0.4, -0.2) is 12.1 Å². The Balaban J connectivity index is 2.11. The molecule has 5 heteroatoms. The van der Waals surface area contributed by atoms with Crippen molar-refractivity contribution in [3.05, 3.63) is 39.8 Å². The van der Waals surface area contributed by atoms with Crippen LogP contribution in [0.15, 0.2) is 24.3 Å². The molecule has 0 aliphatic heterocycles. The van der Waals surface area contributed by atoms with Gasteiger partial charge >= 0.3 is 0 Å². The van der Waals surface area contributed by atoms with Crippen molar-refractivity contribution in [1.29, 1.82) is 0 Å². The van der Waals surface area contributed by atoms with Crippen LogP contribution >= 0.6 is 11.3 Å². The standard InChI is InChI=1S/C16H22N2O2S/c1-10(2)15-16(11(3)17)21-14(18-15)9-20-13-7-5-6-12(8-13)19-4/h5-8,10-11H,9,17H2,1-4H3. The summed E-state index contributed by atoms with van der Waals surface area (Å²) in [6.45, 7) is 6.71. The number of methoxy groups -OCH3 is 1. The number of nitrogens with zero attached hydrogens (tertiary/aromatic N) is 1. The average molecular weight is 306 g/mol. The van der Waals surface area contributed by atoms with E-state index in [1.165, 1.54) is 0 Å². The zero-order chi connectivity index (χ0) is 15.4. The largest absolute Gasteiger partial charge is 0.497 e. The highest BCUT2D eigenvalue weighted by Crippen LogP contribution is 2.30. The van der Waals surface area contributed by atoms with Crippen molar-refractivity contribution in [2.24, 2.45) is 5.73 Å². The van der Waals surface area contributed by atoms with Crippen molar-refractivity contribution in [1.82, 2.24) is 4.98 Å². The minimum atomic E-state index is 0.00506. The van der Waals surface area contributed by atoms with Crippen LogP contribution in [0, 0.1) is 0 Å². The molecule has 114 valence electrons. The fraction of sp³-hybridized carbons (Fsp3) is 0.438. The number of thiazole rings is 1. The molecule has 0 aliphatic rings. The Bertz CT molecular complexity index is 568. The molecule has 21 heavy (non-hydrogen) atoms. The smallest absolute Gasteiger partial charge is 0.140 e. The Hall–Kier alpha value is -1.59. The van der Waals surface area contributed by atoms with Crippen molar-refractivity contribution in [3.8, 4) is 11.5 Å². The molecule has 1 unspecified atom stereocenters. The second kappa shape index (κ2) is 6.91. The van der Waals surface area contributed by atoms with Gasteiger partial charge in [0.15, 0.2) is 0 Å². The molecule has 1 aromatic carbocycles. The molecule has 0 saturated heterocycles. The van der Waals surface area contributed by atoms with Gasteiger partial charge in [-0.25, -0.2) is 4.98 Å². The molecule has 0 saturated carbocycles. The number of hydrogen-bond donors (Lipinski definition) is 1. The molecular formula is C16H22N2O2S. The van der Waals surface area contributed by atoms with Crippen molar-refractivity contribution in [3.63, 3.8) is 0 Å². The van der Waals surface area contributed by atoms with Gasteiger partial charge in [-0.05, 0) is 25.0 Å². The summed E-state index contributed by atoms with van der Waals surface area (Å²) in [4.78, 5) is 5.82. The van der Waals surface area contributed by atoms with Gasteiger partial charge in [0.1, 0.15) is 23.1 Å². The van der Waals surface area contributed by atoms with Gasteiger partial charge in [0.25, 0.3) is 0 Å². The number of nitrogens with two attached hydrogens (primary N) is 1. The Morgan fingerprint density at radius 2 is 1.95 bits per heavy atom. The van der Waals surface area contributed by atoms with Gasteiger partial charge < -0.3 is 15.2 Å². The summed E-state index contributed by atoms with van der Waals surface area (Å²) in [5, 5.41) is 0.953. The van der Waals surface area contributed by atoms with E-state index in [1.54, 1.807) is 18.4 Å². The molecular weight excluding hydrogens is 284 g/mol. The SMILES string of the molecule is COc1cccc(OCc2nc(C(C)C)c(C(C)N)s2)c1. The summed E-state index contributed by atoms with van der Waals surface area (Å²) >= 11 is 1.63. The molecule has 1 heterocycles. The first kappa shape index (κ1) is 15.8. The van der Waals surface area contributed by atoms with Crippen LogP contribution in [0.3, 0.4) is 0 Å². The summed E-state index contributed by atoms with van der Waals surface area (Å²) in [7, 11) is 1.64. The second-order valence-electron chi connectivity index (χ2n) is 5.27. The van der Waals surface area contributed by atoms with E-state index in [-0.39, 0.29) is 6.04 Å². The normalized spacial score (nSPS) is 12.5. The number of hydrogen-bond acceptors (Lipinski definition) is 5. The quantitative estimate of drug-likeness (QED) is 0.880. The molecule has 2 aromatic rings. The lowest BCUT2D eigenvalue weighted by molar-refractivity contribution is 0.302. The number of benzene rings is 1. The van der Waals surface area contributed by atoms with Crippen molar-refractivity contribution in [2.75, 3.05) is 7.11 Å². The lowest BCUT2D eigenvalue weighted by Gasteiger charge is -2.07. The van der Waals surface area contributed by atoms with E-state index in [0.29, 0.717) is 12.5 Å². The van der Waals surface area contributed by atoms with E-state index in [2.05, 4.69) is 18.8 Å². The topological polar surface area (TPSA) is 57.4 Å². The van der Waals surface area contributed by atoms with Crippen molar-refractivity contribution < 1.29 is 9.47 Å². The third-order valence-corrected chi connectivity index (χ3v) is 4.33. The van der Waals surface area contributed by atoms with Gasteiger partial charge in [-0.2, -0.15) is 0 Å². The van der Waals surface area contributed by atoms with Gasteiger partial charge in [0.2, 0.25) is 0 Å². The maximum Gasteiger partial charge on any atom is 0.140 e. The van der Waals surface area contributed by atoms with Crippen LogP contribution < -0.4 is 15.2 Å². The van der Waals surface area contributed by atoms with Crippen molar-refractivity contribution in [2.45, 2.75) is 39.3 Å². The van der Waals surface area contributed by atoms with Gasteiger partial charge in [-0.3, -0.25) is 0 Å². The fourth-order valence-electron chi connectivity index (χ4n) is 2.03. The maximum absolute atomic E-state index is 6.02. The molecule has 0 radical (unpaired) electrons. The molecule has 2 rings (SSSR count). The number of aromatic nitrogens is 1. The molecule has 0 spiro atoms. The summed E-state index contributed by atoms with van der Waals surface area (Å²) in [6, 6.07) is 7.57. The molecule has 1 atom stereocenters. The summed E-state index contributed by atoms with van der Waals surface area (Å²) in [5.74, 6) is 1.93. The molecule has 4 nitrogen and oxygen atoms in total. The van der Waals surface area contributed by atoms with E-state index < -0.39 is 0 Å². The third kappa shape index (κ3) is 3.95. The van der Waals surface area contributed by atoms with Crippen LogP contribution in [0.1, 0.15) is 48.3 Å². The summed E-state index contributed by atoms with van der Waals surface area (Å²) < 4.78 is 11.0. The van der Waals surface area contributed by atoms with Gasteiger partial charge in [-0.15, -0.1) is 11.3 Å². The molecule has 2 N–H and O–H groups in total. The summed E-state index contributed by atoms with van der Waals surface area (Å²) in [5.41, 5.74) is 7.11. The second-order valence-corrected chi connectivity index (χ2v) is 6.38. The zero-order valence-corrected chi connectivity index (χ0v) is 13.7. The van der Waals surface area contributed by atoms with E-state index in [9.17, 15) is 0 Å². The van der Waals surface area contributed by atoms with Gasteiger partial charge in [0, 0.05) is 17.0 Å². The van der Waals surface area contributed by atoms with Crippen LogP contribution in [-0.2, 0) is 6.61 Å². The van der Waals surface area contributed by atoms with Gasteiger partial charge in [-0.1, -0.05) is 19.9 Å². The van der Waals surface area contributed by atoms with Crippen LogP contribution in [0.25, 0.3) is 0 Å². The van der Waals surface area contributed by atoms with Gasteiger partial charge in [0.05, 0.1) is 12.8 Å². The average Bonchev–Trinajstić information content (AvgIpc) is 2.90. The Morgan fingerprint density at radius 1 is 1.24 bits per heavy atom. The minimum Gasteiger partial charge on any atom is -0.497 e. The van der Waals surface area contributed by atoms with E-state index in [0.717, 1.165) is 27.1 Å². The van der Waals surface area contributed by atoms with E-state index >= 15 is 0 Å². The highest BCUT2D eigenvalue weighted by Gasteiger charge is 2.17. The maximum atomic E-state index is 6.02. The first-order valence-corrected chi connectivity index (χ1v) is 7.84. The third-order valence-electron chi connectivity index (χ3n) is 3.09.